The van der Waals surface area contributed by atoms with Gasteiger partial charge in [0.15, 0.2) is 4.96 Å². The molecule has 102 valence electrons. The van der Waals surface area contributed by atoms with Crippen LogP contribution in [0.2, 0.25) is 0 Å². The highest BCUT2D eigenvalue weighted by molar-refractivity contribution is 7.19. The molecule has 0 bridgehead atoms. The number of hydrogen-bond acceptors (Lipinski definition) is 5. The number of nitrogens with zero attached hydrogens (tertiary/aromatic N) is 3. The summed E-state index contributed by atoms with van der Waals surface area (Å²) in [5, 5.41) is 0. The Morgan fingerprint density at radius 3 is 3.00 bits per heavy atom. The summed E-state index contributed by atoms with van der Waals surface area (Å²) in [5.74, 6) is -0.288. The SMILES string of the molecule is CCOC(=O)c1sc2nc(-c3cccnc3)cn2c1C. The zero-order valence-corrected chi connectivity index (χ0v) is 12.0. The van der Waals surface area contributed by atoms with Gasteiger partial charge >= 0.3 is 5.97 Å². The van der Waals surface area contributed by atoms with Crippen LogP contribution in [0.5, 0.6) is 0 Å². The molecule has 0 N–H and O–H groups in total. The molecule has 0 fully saturated rings. The number of carbonyl (C=O) groups excluding carboxylic acids is 1. The minimum Gasteiger partial charge on any atom is -0.462 e. The number of esters is 1. The Kier molecular flexibility index (Phi) is 3.23. The van der Waals surface area contributed by atoms with Crippen LogP contribution in [0, 0.1) is 6.92 Å². The predicted octanol–water partition coefficient (Wildman–Crippen LogP) is 2.94. The van der Waals surface area contributed by atoms with Crippen molar-refractivity contribution in [3.63, 3.8) is 0 Å². The number of fused-ring (bicyclic) bond motifs is 1. The van der Waals surface area contributed by atoms with Crippen molar-refractivity contribution in [2.24, 2.45) is 0 Å². The Morgan fingerprint density at radius 1 is 1.50 bits per heavy atom. The Balaban J connectivity index is 2.04. The largest absolute Gasteiger partial charge is 0.462 e. The summed E-state index contributed by atoms with van der Waals surface area (Å²) in [4.78, 5) is 21.8. The first kappa shape index (κ1) is 12.8. The van der Waals surface area contributed by atoms with E-state index < -0.39 is 0 Å². The molecule has 0 radical (unpaired) electrons. The van der Waals surface area contributed by atoms with Crippen molar-refractivity contribution in [3.8, 4) is 11.3 Å². The highest BCUT2D eigenvalue weighted by Crippen LogP contribution is 2.27. The first-order valence-electron chi connectivity index (χ1n) is 6.26. The zero-order chi connectivity index (χ0) is 14.1. The number of hydrogen-bond donors (Lipinski definition) is 0. The minimum absolute atomic E-state index is 0.288. The lowest BCUT2D eigenvalue weighted by atomic mass is 10.2. The lowest BCUT2D eigenvalue weighted by Crippen LogP contribution is -2.04. The van der Waals surface area contributed by atoms with E-state index in [2.05, 4.69) is 9.97 Å². The van der Waals surface area contributed by atoms with Gasteiger partial charge in [0.05, 0.1) is 12.3 Å². The van der Waals surface area contributed by atoms with Gasteiger partial charge in [0.1, 0.15) is 4.88 Å². The van der Waals surface area contributed by atoms with Gasteiger partial charge < -0.3 is 4.74 Å². The van der Waals surface area contributed by atoms with E-state index in [1.807, 2.05) is 29.7 Å². The third kappa shape index (κ3) is 2.08. The van der Waals surface area contributed by atoms with Gasteiger partial charge in [-0.05, 0) is 26.0 Å². The molecule has 0 aliphatic carbocycles. The molecule has 0 aromatic carbocycles. The summed E-state index contributed by atoms with van der Waals surface area (Å²) in [7, 11) is 0. The molecule has 0 atom stereocenters. The van der Waals surface area contributed by atoms with Crippen molar-refractivity contribution in [3.05, 3.63) is 41.3 Å². The number of carbonyl (C=O) groups is 1. The Morgan fingerprint density at radius 2 is 2.35 bits per heavy atom. The molecule has 0 aliphatic rings. The van der Waals surface area contributed by atoms with Gasteiger partial charge in [-0.15, -0.1) is 0 Å². The average Bonchev–Trinajstić information content (AvgIpc) is 3.00. The van der Waals surface area contributed by atoms with Crippen molar-refractivity contribution < 1.29 is 9.53 Å². The van der Waals surface area contributed by atoms with Crippen LogP contribution in [0.1, 0.15) is 22.3 Å². The molecule has 0 unspecified atom stereocenters. The summed E-state index contributed by atoms with van der Waals surface area (Å²) in [6.45, 7) is 4.07. The van der Waals surface area contributed by atoms with Crippen LogP contribution in [0.25, 0.3) is 16.2 Å². The average molecular weight is 287 g/mol. The molecule has 6 heteroatoms. The lowest BCUT2D eigenvalue weighted by molar-refractivity contribution is 0.0531. The predicted molar refractivity (Wildman–Crippen MR) is 77.0 cm³/mol. The van der Waals surface area contributed by atoms with Crippen LogP contribution in [-0.2, 0) is 4.74 Å². The fourth-order valence-corrected chi connectivity index (χ4v) is 2.99. The zero-order valence-electron chi connectivity index (χ0n) is 11.2. The Labute approximate surface area is 119 Å². The molecule has 3 rings (SSSR count). The van der Waals surface area contributed by atoms with Crippen molar-refractivity contribution in [1.29, 1.82) is 0 Å². The van der Waals surface area contributed by atoms with E-state index in [1.165, 1.54) is 11.3 Å². The maximum Gasteiger partial charge on any atom is 0.350 e. The second-order valence-electron chi connectivity index (χ2n) is 4.26. The summed E-state index contributed by atoms with van der Waals surface area (Å²) in [6, 6.07) is 3.83. The molecule has 3 aromatic rings. The molecule has 5 nitrogen and oxygen atoms in total. The van der Waals surface area contributed by atoms with E-state index in [0.717, 1.165) is 21.9 Å². The number of aryl methyl sites for hydroxylation is 1. The van der Waals surface area contributed by atoms with Gasteiger partial charge in [-0.2, -0.15) is 0 Å². The summed E-state index contributed by atoms with van der Waals surface area (Å²) >= 11 is 1.34. The minimum atomic E-state index is -0.288. The monoisotopic (exact) mass is 287 g/mol. The Hall–Kier alpha value is -2.21. The van der Waals surface area contributed by atoms with E-state index in [9.17, 15) is 4.79 Å². The standard InChI is InChI=1S/C14H13N3O2S/c1-3-19-13(18)12-9(2)17-8-11(16-14(17)20-12)10-5-4-6-15-7-10/h4-8H,3H2,1-2H3. The lowest BCUT2D eigenvalue weighted by Gasteiger charge is -1.99. The molecule has 0 aliphatic heterocycles. The number of rotatable bonds is 3. The molecule has 3 heterocycles. The van der Waals surface area contributed by atoms with Crippen LogP contribution < -0.4 is 0 Å². The smallest absolute Gasteiger partial charge is 0.350 e. The quantitative estimate of drug-likeness (QED) is 0.695. The summed E-state index contributed by atoms with van der Waals surface area (Å²) in [6.07, 6.45) is 5.42. The fourth-order valence-electron chi connectivity index (χ4n) is 1.99. The van der Waals surface area contributed by atoms with Crippen molar-refractivity contribution in [2.75, 3.05) is 6.61 Å². The number of ether oxygens (including phenoxy) is 1. The van der Waals surface area contributed by atoms with E-state index in [0.29, 0.717) is 11.5 Å². The summed E-state index contributed by atoms with van der Waals surface area (Å²) < 4.78 is 6.96. The molecular formula is C14H13N3O2S. The third-order valence-corrected chi connectivity index (χ3v) is 4.11. The first-order valence-corrected chi connectivity index (χ1v) is 7.08. The topological polar surface area (TPSA) is 56.5 Å². The normalized spacial score (nSPS) is 10.9. The maximum absolute atomic E-state index is 11.8. The van der Waals surface area contributed by atoms with Crippen molar-refractivity contribution >= 4 is 22.3 Å². The van der Waals surface area contributed by atoms with Crippen LogP contribution >= 0.6 is 11.3 Å². The number of thiazole rings is 1. The fraction of sp³-hybridized carbons (Fsp3) is 0.214. The number of pyridine rings is 1. The number of imidazole rings is 1. The maximum atomic E-state index is 11.8. The van der Waals surface area contributed by atoms with Gasteiger partial charge in [-0.1, -0.05) is 11.3 Å². The van der Waals surface area contributed by atoms with E-state index >= 15 is 0 Å². The van der Waals surface area contributed by atoms with E-state index in [4.69, 9.17) is 4.74 Å². The van der Waals surface area contributed by atoms with Crippen LogP contribution in [0.15, 0.2) is 30.7 Å². The van der Waals surface area contributed by atoms with Gasteiger partial charge in [-0.25, -0.2) is 9.78 Å². The van der Waals surface area contributed by atoms with Gasteiger partial charge in [0.25, 0.3) is 0 Å². The molecular weight excluding hydrogens is 274 g/mol. The van der Waals surface area contributed by atoms with Crippen LogP contribution in [0.3, 0.4) is 0 Å². The highest BCUT2D eigenvalue weighted by atomic mass is 32.1. The van der Waals surface area contributed by atoms with Gasteiger partial charge in [0, 0.05) is 29.8 Å². The molecule has 3 aromatic heterocycles. The second kappa shape index (κ2) is 5.05. The van der Waals surface area contributed by atoms with Gasteiger partial charge in [0.2, 0.25) is 0 Å². The Bertz CT molecular complexity index is 761. The van der Waals surface area contributed by atoms with E-state index in [-0.39, 0.29) is 5.97 Å². The molecule has 0 saturated carbocycles. The number of aromatic nitrogens is 3. The molecule has 0 saturated heterocycles. The van der Waals surface area contributed by atoms with Crippen molar-refractivity contribution in [1.82, 2.24) is 14.4 Å². The molecule has 0 amide bonds. The van der Waals surface area contributed by atoms with E-state index in [1.54, 1.807) is 19.3 Å². The van der Waals surface area contributed by atoms with Crippen LogP contribution in [-0.4, -0.2) is 26.9 Å². The highest BCUT2D eigenvalue weighted by Gasteiger charge is 2.18. The molecule has 20 heavy (non-hydrogen) atoms. The van der Waals surface area contributed by atoms with Crippen molar-refractivity contribution in [2.45, 2.75) is 13.8 Å². The van der Waals surface area contributed by atoms with Gasteiger partial charge in [-0.3, -0.25) is 9.38 Å². The molecule has 0 spiro atoms. The van der Waals surface area contributed by atoms with Crippen LogP contribution in [0.4, 0.5) is 0 Å². The third-order valence-electron chi connectivity index (χ3n) is 2.98. The second-order valence-corrected chi connectivity index (χ2v) is 5.24. The summed E-state index contributed by atoms with van der Waals surface area (Å²) in [5.41, 5.74) is 2.66. The first-order chi connectivity index (χ1) is 9.70.